The molecule has 0 bridgehead atoms. The van der Waals surface area contributed by atoms with E-state index in [0.717, 1.165) is 31.7 Å². The maximum absolute atomic E-state index is 13.1. The lowest BCUT2D eigenvalue weighted by molar-refractivity contribution is 0.102. The lowest BCUT2D eigenvalue weighted by Crippen LogP contribution is -2.30. The standard InChI is InChI=1S/C16H17FN4O/c17-12-5-4-6-13(9-12)20-16(22)14-10-15(19-11-18-14)21-7-2-1-3-8-21/h4-6,9-11H,1-3,7-8H2,(H,20,22). The van der Waals surface area contributed by atoms with Gasteiger partial charge in [-0.15, -0.1) is 0 Å². The summed E-state index contributed by atoms with van der Waals surface area (Å²) >= 11 is 0. The number of piperidine rings is 1. The van der Waals surface area contributed by atoms with E-state index in [1.807, 2.05) is 0 Å². The smallest absolute Gasteiger partial charge is 0.274 e. The van der Waals surface area contributed by atoms with Crippen molar-refractivity contribution >= 4 is 17.4 Å². The van der Waals surface area contributed by atoms with Gasteiger partial charge >= 0.3 is 0 Å². The number of rotatable bonds is 3. The summed E-state index contributed by atoms with van der Waals surface area (Å²) in [5.41, 5.74) is 0.683. The monoisotopic (exact) mass is 300 g/mol. The zero-order chi connectivity index (χ0) is 15.4. The van der Waals surface area contributed by atoms with Gasteiger partial charge in [-0.25, -0.2) is 14.4 Å². The van der Waals surface area contributed by atoms with E-state index >= 15 is 0 Å². The molecule has 1 aromatic carbocycles. The van der Waals surface area contributed by atoms with Crippen LogP contribution in [0.1, 0.15) is 29.8 Å². The molecule has 1 aliphatic heterocycles. The third-order valence-electron chi connectivity index (χ3n) is 3.65. The fourth-order valence-corrected chi connectivity index (χ4v) is 2.53. The largest absolute Gasteiger partial charge is 0.357 e. The first kappa shape index (κ1) is 14.4. The Morgan fingerprint density at radius 1 is 1.14 bits per heavy atom. The summed E-state index contributed by atoms with van der Waals surface area (Å²) in [5, 5.41) is 2.64. The first-order valence-electron chi connectivity index (χ1n) is 7.36. The van der Waals surface area contributed by atoms with Crippen molar-refractivity contribution in [2.24, 2.45) is 0 Å². The number of anilines is 2. The second-order valence-corrected chi connectivity index (χ2v) is 5.27. The average Bonchev–Trinajstić information content (AvgIpc) is 2.56. The Bertz CT molecular complexity index is 671. The fraction of sp³-hybridized carbons (Fsp3) is 0.312. The molecule has 3 rings (SSSR count). The highest BCUT2D eigenvalue weighted by atomic mass is 19.1. The summed E-state index contributed by atoms with van der Waals surface area (Å²) in [5.74, 6) is -0.000144. The first-order valence-corrected chi connectivity index (χ1v) is 7.36. The molecular formula is C16H17FN4O. The number of aromatic nitrogens is 2. The van der Waals surface area contributed by atoms with Crippen LogP contribution in [0.4, 0.5) is 15.9 Å². The molecule has 0 spiro atoms. The number of carbonyl (C=O) groups is 1. The molecule has 0 radical (unpaired) electrons. The van der Waals surface area contributed by atoms with E-state index in [1.165, 1.54) is 24.9 Å². The predicted octanol–water partition coefficient (Wildman–Crippen LogP) is 2.86. The maximum atomic E-state index is 13.1. The van der Waals surface area contributed by atoms with Crippen molar-refractivity contribution in [3.8, 4) is 0 Å². The number of amides is 1. The summed E-state index contributed by atoms with van der Waals surface area (Å²) < 4.78 is 13.1. The first-order chi connectivity index (χ1) is 10.7. The van der Waals surface area contributed by atoms with Gasteiger partial charge in [0.15, 0.2) is 0 Å². The minimum atomic E-state index is -0.394. The van der Waals surface area contributed by atoms with E-state index < -0.39 is 5.82 Å². The van der Waals surface area contributed by atoms with Crippen molar-refractivity contribution in [2.75, 3.05) is 23.3 Å². The van der Waals surface area contributed by atoms with Crippen LogP contribution in [0, 0.1) is 5.82 Å². The molecule has 22 heavy (non-hydrogen) atoms. The summed E-state index contributed by atoms with van der Waals surface area (Å²) in [7, 11) is 0. The van der Waals surface area contributed by atoms with Gasteiger partial charge in [0, 0.05) is 24.8 Å². The fourth-order valence-electron chi connectivity index (χ4n) is 2.53. The topological polar surface area (TPSA) is 58.1 Å². The van der Waals surface area contributed by atoms with Gasteiger partial charge in [-0.05, 0) is 37.5 Å². The Kier molecular flexibility index (Phi) is 4.27. The molecule has 1 amide bonds. The molecule has 0 saturated carbocycles. The van der Waals surface area contributed by atoms with Crippen LogP contribution in [0.2, 0.25) is 0 Å². The van der Waals surface area contributed by atoms with E-state index in [0.29, 0.717) is 5.69 Å². The summed E-state index contributed by atoms with van der Waals surface area (Å²) in [6.07, 6.45) is 4.89. The average molecular weight is 300 g/mol. The van der Waals surface area contributed by atoms with Gasteiger partial charge in [-0.3, -0.25) is 4.79 Å². The minimum Gasteiger partial charge on any atom is -0.357 e. The van der Waals surface area contributed by atoms with Gasteiger partial charge in [0.25, 0.3) is 5.91 Å². The second-order valence-electron chi connectivity index (χ2n) is 5.27. The minimum absolute atomic E-state index is 0.278. The number of hydrogen-bond acceptors (Lipinski definition) is 4. The quantitative estimate of drug-likeness (QED) is 0.947. The SMILES string of the molecule is O=C(Nc1cccc(F)c1)c1cc(N2CCCCC2)ncn1. The summed E-state index contributed by atoms with van der Waals surface area (Å²) in [6.45, 7) is 1.89. The van der Waals surface area contributed by atoms with Gasteiger partial charge in [-0.1, -0.05) is 6.07 Å². The Labute approximate surface area is 128 Å². The maximum Gasteiger partial charge on any atom is 0.274 e. The van der Waals surface area contributed by atoms with Gasteiger partial charge < -0.3 is 10.2 Å². The number of carbonyl (C=O) groups excluding carboxylic acids is 1. The highest BCUT2D eigenvalue weighted by Crippen LogP contribution is 2.18. The molecule has 0 aliphatic carbocycles. The van der Waals surface area contributed by atoms with Crippen molar-refractivity contribution < 1.29 is 9.18 Å². The van der Waals surface area contributed by atoms with Gasteiger partial charge in [0.1, 0.15) is 23.7 Å². The normalized spacial score (nSPS) is 14.7. The molecule has 1 N–H and O–H groups in total. The van der Waals surface area contributed by atoms with Crippen LogP contribution >= 0.6 is 0 Å². The number of halogens is 1. The van der Waals surface area contributed by atoms with Crippen LogP contribution < -0.4 is 10.2 Å². The van der Waals surface area contributed by atoms with Crippen molar-refractivity contribution in [3.63, 3.8) is 0 Å². The molecule has 0 unspecified atom stereocenters. The van der Waals surface area contributed by atoms with E-state index in [1.54, 1.807) is 18.2 Å². The van der Waals surface area contributed by atoms with Crippen LogP contribution in [-0.4, -0.2) is 29.0 Å². The van der Waals surface area contributed by atoms with E-state index in [9.17, 15) is 9.18 Å². The van der Waals surface area contributed by atoms with Gasteiger partial charge in [0.2, 0.25) is 0 Å². The molecule has 2 aromatic rings. The van der Waals surface area contributed by atoms with Crippen LogP contribution in [0.5, 0.6) is 0 Å². The van der Waals surface area contributed by atoms with Crippen molar-refractivity contribution in [2.45, 2.75) is 19.3 Å². The Morgan fingerprint density at radius 2 is 1.95 bits per heavy atom. The molecule has 5 nitrogen and oxygen atoms in total. The zero-order valence-electron chi connectivity index (χ0n) is 12.1. The lowest BCUT2D eigenvalue weighted by atomic mass is 10.1. The molecule has 1 aliphatic rings. The summed E-state index contributed by atoms with van der Waals surface area (Å²) in [6, 6.07) is 7.46. The van der Waals surface area contributed by atoms with Crippen LogP contribution in [0.15, 0.2) is 36.7 Å². The molecular weight excluding hydrogens is 283 g/mol. The third-order valence-corrected chi connectivity index (χ3v) is 3.65. The van der Waals surface area contributed by atoms with Crippen molar-refractivity contribution in [1.82, 2.24) is 9.97 Å². The lowest BCUT2D eigenvalue weighted by Gasteiger charge is -2.27. The van der Waals surface area contributed by atoms with E-state index in [-0.39, 0.29) is 11.6 Å². The highest BCUT2D eigenvalue weighted by molar-refractivity contribution is 6.03. The predicted molar refractivity (Wildman–Crippen MR) is 82.4 cm³/mol. The van der Waals surface area contributed by atoms with E-state index in [2.05, 4.69) is 20.2 Å². The Balaban J connectivity index is 1.75. The third kappa shape index (κ3) is 3.39. The molecule has 1 fully saturated rings. The van der Waals surface area contributed by atoms with Crippen LogP contribution in [-0.2, 0) is 0 Å². The Hall–Kier alpha value is -2.50. The number of hydrogen-bond donors (Lipinski definition) is 1. The van der Waals surface area contributed by atoms with E-state index in [4.69, 9.17) is 0 Å². The molecule has 1 aromatic heterocycles. The second kappa shape index (κ2) is 6.51. The number of nitrogens with zero attached hydrogens (tertiary/aromatic N) is 3. The van der Waals surface area contributed by atoms with Crippen LogP contribution in [0.3, 0.4) is 0 Å². The molecule has 114 valence electrons. The zero-order valence-corrected chi connectivity index (χ0v) is 12.1. The number of nitrogens with one attached hydrogen (secondary N) is 1. The Morgan fingerprint density at radius 3 is 2.73 bits per heavy atom. The molecule has 1 saturated heterocycles. The summed E-state index contributed by atoms with van der Waals surface area (Å²) in [4.78, 5) is 22.6. The highest BCUT2D eigenvalue weighted by Gasteiger charge is 2.15. The van der Waals surface area contributed by atoms with Gasteiger partial charge in [-0.2, -0.15) is 0 Å². The number of benzene rings is 1. The molecule has 6 heteroatoms. The molecule has 0 atom stereocenters. The van der Waals surface area contributed by atoms with Crippen molar-refractivity contribution in [3.05, 3.63) is 48.2 Å². The van der Waals surface area contributed by atoms with Gasteiger partial charge in [0.05, 0.1) is 0 Å². The van der Waals surface area contributed by atoms with Crippen LogP contribution in [0.25, 0.3) is 0 Å². The molecule has 2 heterocycles. The van der Waals surface area contributed by atoms with Crippen molar-refractivity contribution in [1.29, 1.82) is 0 Å².